The van der Waals surface area contributed by atoms with E-state index < -0.39 is 11.9 Å². The molecule has 0 saturated heterocycles. The molecule has 6 nitrogen and oxygen atoms in total. The van der Waals surface area contributed by atoms with E-state index in [1.807, 2.05) is 0 Å². The summed E-state index contributed by atoms with van der Waals surface area (Å²) in [6, 6.07) is 9.94. The lowest BCUT2D eigenvalue weighted by atomic mass is 10.0. The molecule has 32 heavy (non-hydrogen) atoms. The molecule has 2 aromatic carbocycles. The Kier molecular flexibility index (Phi) is 7.28. The van der Waals surface area contributed by atoms with Crippen molar-refractivity contribution in [3.05, 3.63) is 81.5 Å². The molecule has 0 saturated carbocycles. The highest BCUT2D eigenvalue weighted by atomic mass is 35.5. The largest absolute Gasteiger partial charge is 0.493 e. The van der Waals surface area contributed by atoms with E-state index in [1.165, 1.54) is 19.1 Å². The van der Waals surface area contributed by atoms with Gasteiger partial charge in [0.25, 0.3) is 5.91 Å². The number of halogens is 2. The van der Waals surface area contributed by atoms with Crippen molar-refractivity contribution >= 4 is 46.8 Å². The fourth-order valence-corrected chi connectivity index (χ4v) is 3.88. The Bertz CT molecular complexity index is 1130. The van der Waals surface area contributed by atoms with Crippen LogP contribution in [0.2, 0.25) is 10.0 Å². The van der Waals surface area contributed by atoms with Crippen molar-refractivity contribution in [2.24, 2.45) is 0 Å². The van der Waals surface area contributed by atoms with E-state index >= 15 is 0 Å². The predicted molar refractivity (Wildman–Crippen MR) is 125 cm³/mol. The van der Waals surface area contributed by atoms with Crippen LogP contribution in [-0.2, 0) is 14.3 Å². The number of allylic oxidation sites excluding steroid dienone is 1. The van der Waals surface area contributed by atoms with Crippen molar-refractivity contribution in [1.82, 2.24) is 0 Å². The van der Waals surface area contributed by atoms with Gasteiger partial charge in [-0.2, -0.15) is 0 Å². The van der Waals surface area contributed by atoms with E-state index in [0.717, 1.165) is 0 Å². The van der Waals surface area contributed by atoms with E-state index in [0.29, 0.717) is 45.1 Å². The van der Waals surface area contributed by atoms with Crippen molar-refractivity contribution in [3.63, 3.8) is 0 Å². The zero-order chi connectivity index (χ0) is 23.4. The first-order valence-electron chi connectivity index (χ1n) is 9.54. The molecule has 0 unspecified atom stereocenters. The maximum absolute atomic E-state index is 13.4. The second kappa shape index (κ2) is 9.94. The molecule has 3 rings (SSSR count). The van der Waals surface area contributed by atoms with Gasteiger partial charge >= 0.3 is 5.97 Å². The number of hydrogen-bond acceptors (Lipinski definition) is 5. The van der Waals surface area contributed by atoms with Gasteiger partial charge in [0.1, 0.15) is 6.61 Å². The number of anilines is 1. The smallest absolute Gasteiger partial charge is 0.340 e. The summed E-state index contributed by atoms with van der Waals surface area (Å²) in [5.41, 5.74) is 1.81. The standard InChI is InChI=1S/C24H21Cl2NO5/c1-5-8-32-20-7-6-15(10-21(20)30-3)9-19-22(24(29)31-4)14(2)27(23(19)28)18-12-16(25)11-17(26)13-18/h5-7,9-13H,1,8H2,2-4H3/b19-9-. The number of rotatable bonds is 7. The highest BCUT2D eigenvalue weighted by Crippen LogP contribution is 2.38. The van der Waals surface area contributed by atoms with Gasteiger partial charge in [0.15, 0.2) is 11.5 Å². The highest BCUT2D eigenvalue weighted by Gasteiger charge is 2.38. The summed E-state index contributed by atoms with van der Waals surface area (Å²) in [6.45, 7) is 5.61. The first kappa shape index (κ1) is 23.4. The number of ether oxygens (including phenoxy) is 3. The van der Waals surface area contributed by atoms with Crippen molar-refractivity contribution in [2.75, 3.05) is 25.7 Å². The molecular weight excluding hydrogens is 453 g/mol. The molecule has 0 N–H and O–H groups in total. The van der Waals surface area contributed by atoms with E-state index in [2.05, 4.69) is 6.58 Å². The Morgan fingerprint density at radius 1 is 1.09 bits per heavy atom. The van der Waals surface area contributed by atoms with Gasteiger partial charge in [-0.05, 0) is 48.9 Å². The van der Waals surface area contributed by atoms with Crippen molar-refractivity contribution in [2.45, 2.75) is 6.92 Å². The maximum atomic E-state index is 13.4. The molecule has 0 fully saturated rings. The number of esters is 1. The Morgan fingerprint density at radius 3 is 2.38 bits per heavy atom. The average molecular weight is 474 g/mol. The van der Waals surface area contributed by atoms with Crippen LogP contribution < -0.4 is 14.4 Å². The molecule has 0 spiro atoms. The summed E-state index contributed by atoms with van der Waals surface area (Å²) in [6.07, 6.45) is 3.23. The molecule has 1 amide bonds. The van der Waals surface area contributed by atoms with Crippen LogP contribution in [0.4, 0.5) is 5.69 Å². The fraction of sp³-hybridized carbons (Fsp3) is 0.167. The van der Waals surface area contributed by atoms with Crippen molar-refractivity contribution in [1.29, 1.82) is 0 Å². The number of benzene rings is 2. The van der Waals surface area contributed by atoms with E-state index in [9.17, 15) is 9.59 Å². The Labute approximate surface area is 196 Å². The Morgan fingerprint density at radius 2 is 1.78 bits per heavy atom. The van der Waals surface area contributed by atoms with E-state index in [4.69, 9.17) is 37.4 Å². The van der Waals surface area contributed by atoms with Crippen LogP contribution in [0.5, 0.6) is 11.5 Å². The topological polar surface area (TPSA) is 65.1 Å². The molecule has 0 atom stereocenters. The van der Waals surface area contributed by atoms with Crippen molar-refractivity contribution in [3.8, 4) is 11.5 Å². The number of carbonyl (C=O) groups excluding carboxylic acids is 2. The Balaban J connectivity index is 2.10. The zero-order valence-electron chi connectivity index (χ0n) is 17.8. The lowest BCUT2D eigenvalue weighted by Crippen LogP contribution is -2.24. The summed E-state index contributed by atoms with van der Waals surface area (Å²) in [5, 5.41) is 0.731. The molecule has 1 aliphatic rings. The SMILES string of the molecule is C=CCOc1ccc(/C=C2\C(=O)N(c3cc(Cl)cc(Cl)c3)C(C)=C2C(=O)OC)cc1OC. The summed E-state index contributed by atoms with van der Waals surface area (Å²) in [7, 11) is 2.78. The highest BCUT2D eigenvalue weighted by molar-refractivity contribution is 6.35. The van der Waals surface area contributed by atoms with E-state index in [-0.39, 0.29) is 11.1 Å². The van der Waals surface area contributed by atoms with Gasteiger partial charge < -0.3 is 14.2 Å². The lowest BCUT2D eigenvalue weighted by molar-refractivity contribution is -0.136. The molecular formula is C24H21Cl2NO5. The molecule has 0 bridgehead atoms. The van der Waals surface area contributed by atoms with Gasteiger partial charge in [-0.1, -0.05) is 41.9 Å². The molecule has 0 radical (unpaired) electrons. The molecule has 0 aliphatic carbocycles. The van der Waals surface area contributed by atoms with Crippen LogP contribution in [0.1, 0.15) is 12.5 Å². The summed E-state index contributed by atoms with van der Waals surface area (Å²) in [4.78, 5) is 27.3. The van der Waals surface area contributed by atoms with Gasteiger partial charge in [-0.15, -0.1) is 0 Å². The monoisotopic (exact) mass is 473 g/mol. The maximum Gasteiger partial charge on any atom is 0.340 e. The average Bonchev–Trinajstić information content (AvgIpc) is 3.00. The lowest BCUT2D eigenvalue weighted by Gasteiger charge is -2.18. The van der Waals surface area contributed by atoms with Gasteiger partial charge in [0.05, 0.1) is 31.1 Å². The van der Waals surface area contributed by atoms with Crippen molar-refractivity contribution < 1.29 is 23.8 Å². The number of amides is 1. The zero-order valence-corrected chi connectivity index (χ0v) is 19.3. The third kappa shape index (κ3) is 4.66. The first-order chi connectivity index (χ1) is 15.3. The number of methoxy groups -OCH3 is 2. The molecule has 166 valence electrons. The number of nitrogens with zero attached hydrogens (tertiary/aromatic N) is 1. The van der Waals surface area contributed by atoms with Gasteiger partial charge in [-0.25, -0.2) is 4.79 Å². The molecule has 2 aromatic rings. The number of hydrogen-bond donors (Lipinski definition) is 0. The third-order valence-electron chi connectivity index (χ3n) is 4.75. The normalized spacial score (nSPS) is 14.7. The first-order valence-corrected chi connectivity index (χ1v) is 10.3. The number of carbonyl (C=O) groups is 2. The van der Waals surface area contributed by atoms with Crippen LogP contribution in [-0.4, -0.2) is 32.7 Å². The van der Waals surface area contributed by atoms with Crippen LogP contribution in [0.3, 0.4) is 0 Å². The summed E-state index contributed by atoms with van der Waals surface area (Å²) >= 11 is 12.2. The molecule has 0 aromatic heterocycles. The predicted octanol–water partition coefficient (Wildman–Crippen LogP) is 5.44. The summed E-state index contributed by atoms with van der Waals surface area (Å²) in [5.74, 6) is -0.0318. The second-order valence-electron chi connectivity index (χ2n) is 6.79. The molecule has 1 aliphatic heterocycles. The Hall–Kier alpha value is -3.22. The third-order valence-corrected chi connectivity index (χ3v) is 5.19. The molecule has 8 heteroatoms. The van der Waals surface area contributed by atoms with E-state index in [1.54, 1.807) is 55.5 Å². The second-order valence-corrected chi connectivity index (χ2v) is 7.66. The molecule has 1 heterocycles. The van der Waals surface area contributed by atoms with Crippen LogP contribution >= 0.6 is 23.2 Å². The quantitative estimate of drug-likeness (QED) is 0.304. The minimum Gasteiger partial charge on any atom is -0.493 e. The minimum absolute atomic E-state index is 0.152. The fourth-order valence-electron chi connectivity index (χ4n) is 3.37. The van der Waals surface area contributed by atoms with Crippen LogP contribution in [0.25, 0.3) is 6.08 Å². The summed E-state index contributed by atoms with van der Waals surface area (Å²) < 4.78 is 15.9. The van der Waals surface area contributed by atoms with Gasteiger partial charge in [0, 0.05) is 15.7 Å². The van der Waals surface area contributed by atoms with Gasteiger partial charge in [-0.3, -0.25) is 9.69 Å². The van der Waals surface area contributed by atoms with Gasteiger partial charge in [0.2, 0.25) is 0 Å². The minimum atomic E-state index is -0.629. The van der Waals surface area contributed by atoms with Crippen LogP contribution in [0, 0.1) is 0 Å². The van der Waals surface area contributed by atoms with Crippen LogP contribution in [0.15, 0.2) is 65.9 Å².